The molecule has 186 valence electrons. The molecule has 1 aromatic heterocycles. The van der Waals surface area contributed by atoms with Gasteiger partial charge < -0.3 is 29.7 Å². The second kappa shape index (κ2) is 11.8. The highest BCUT2D eigenvalue weighted by Gasteiger charge is 2.41. The summed E-state index contributed by atoms with van der Waals surface area (Å²) >= 11 is 0. The predicted molar refractivity (Wildman–Crippen MR) is 123 cm³/mol. The van der Waals surface area contributed by atoms with Crippen molar-refractivity contribution in [3.05, 3.63) is 17.5 Å². The minimum absolute atomic E-state index is 0.0150. The van der Waals surface area contributed by atoms with Crippen LogP contribution in [0.4, 0.5) is 4.79 Å². The molecule has 1 aliphatic heterocycles. The molecule has 0 radical (unpaired) electrons. The quantitative estimate of drug-likeness (QED) is 0.480. The molecule has 1 aliphatic carbocycles. The van der Waals surface area contributed by atoms with Crippen molar-refractivity contribution in [1.82, 2.24) is 25.3 Å². The van der Waals surface area contributed by atoms with E-state index in [9.17, 15) is 9.59 Å². The lowest BCUT2D eigenvalue weighted by molar-refractivity contribution is -0.156. The number of nitrogens with zero attached hydrogens (tertiary/aromatic N) is 3. The third-order valence-electron chi connectivity index (χ3n) is 6.11. The standard InChI is InChI=1S/C23H39N5O5/c1-15(2)28-18(7-6-10-25-23(30)32-5)11-20(26-28)16(3)27(17-8-9-17)22(29)21-13-24-12-19(33-21)14-31-4/h11,15-17,19,21,24H,6-10,12-14H2,1-5H3,(H,25,30)/t16-,19+,21-/m1/s1. The van der Waals surface area contributed by atoms with Gasteiger partial charge in [0.05, 0.1) is 31.6 Å². The highest BCUT2D eigenvalue weighted by Crippen LogP contribution is 2.35. The zero-order chi connectivity index (χ0) is 24.0. The number of hydrogen-bond acceptors (Lipinski definition) is 7. The van der Waals surface area contributed by atoms with E-state index in [-0.39, 0.29) is 30.1 Å². The monoisotopic (exact) mass is 465 g/mol. The van der Waals surface area contributed by atoms with Crippen molar-refractivity contribution in [2.24, 2.45) is 0 Å². The van der Waals surface area contributed by atoms with E-state index in [1.165, 1.54) is 7.11 Å². The van der Waals surface area contributed by atoms with Crippen molar-refractivity contribution in [1.29, 1.82) is 0 Å². The van der Waals surface area contributed by atoms with Crippen LogP contribution >= 0.6 is 0 Å². The van der Waals surface area contributed by atoms with E-state index in [0.717, 1.165) is 37.1 Å². The molecule has 0 bridgehead atoms. The zero-order valence-corrected chi connectivity index (χ0v) is 20.5. The van der Waals surface area contributed by atoms with Crippen LogP contribution in [0.15, 0.2) is 6.07 Å². The SMILES string of the molecule is COC[C@@H]1CNC[C@H](C(=O)N(C2CC2)[C@H](C)c2cc(CCCNC(=O)OC)n(C(C)C)n2)O1. The Kier molecular flexibility index (Phi) is 9.10. The van der Waals surface area contributed by atoms with Crippen LogP contribution in [0.1, 0.15) is 63.5 Å². The normalized spacial score (nSPS) is 21.6. The largest absolute Gasteiger partial charge is 0.453 e. The Morgan fingerprint density at radius 2 is 2.06 bits per heavy atom. The first-order valence-electron chi connectivity index (χ1n) is 11.9. The molecule has 3 rings (SSSR count). The molecule has 2 N–H and O–H groups in total. The van der Waals surface area contributed by atoms with E-state index in [4.69, 9.17) is 14.6 Å². The van der Waals surface area contributed by atoms with Crippen molar-refractivity contribution >= 4 is 12.0 Å². The number of alkyl carbamates (subject to hydrolysis) is 1. The van der Waals surface area contributed by atoms with Crippen LogP contribution in [-0.4, -0.2) is 85.4 Å². The molecule has 2 aliphatic rings. The van der Waals surface area contributed by atoms with Crippen molar-refractivity contribution in [3.63, 3.8) is 0 Å². The molecule has 1 saturated heterocycles. The Bertz CT molecular complexity index is 792. The lowest BCUT2D eigenvalue weighted by Crippen LogP contribution is -2.54. The molecule has 0 spiro atoms. The second-order valence-electron chi connectivity index (χ2n) is 9.13. The van der Waals surface area contributed by atoms with Gasteiger partial charge in [-0.3, -0.25) is 9.48 Å². The molecule has 33 heavy (non-hydrogen) atoms. The van der Waals surface area contributed by atoms with Gasteiger partial charge in [0.15, 0.2) is 0 Å². The molecule has 1 saturated carbocycles. The number of carbonyl (C=O) groups is 2. The van der Waals surface area contributed by atoms with Gasteiger partial charge in [-0.25, -0.2) is 4.79 Å². The van der Waals surface area contributed by atoms with Crippen LogP contribution in [-0.2, 0) is 25.4 Å². The van der Waals surface area contributed by atoms with Gasteiger partial charge in [-0.1, -0.05) is 0 Å². The number of morpholine rings is 1. The van der Waals surface area contributed by atoms with Crippen LogP contribution in [0, 0.1) is 0 Å². The van der Waals surface area contributed by atoms with Gasteiger partial charge >= 0.3 is 6.09 Å². The summed E-state index contributed by atoms with van der Waals surface area (Å²) in [6.07, 6.45) is 2.50. The zero-order valence-electron chi connectivity index (χ0n) is 20.5. The van der Waals surface area contributed by atoms with Crippen LogP contribution < -0.4 is 10.6 Å². The first-order chi connectivity index (χ1) is 15.8. The Morgan fingerprint density at radius 1 is 1.30 bits per heavy atom. The average molecular weight is 466 g/mol. The number of nitrogens with one attached hydrogen (secondary N) is 2. The summed E-state index contributed by atoms with van der Waals surface area (Å²) in [5.41, 5.74) is 1.98. The van der Waals surface area contributed by atoms with E-state index >= 15 is 0 Å². The van der Waals surface area contributed by atoms with Crippen molar-refractivity contribution < 1.29 is 23.8 Å². The molecule has 3 atom stereocenters. The molecule has 0 aromatic carbocycles. The van der Waals surface area contributed by atoms with Gasteiger partial charge in [0.25, 0.3) is 5.91 Å². The average Bonchev–Trinajstić information content (AvgIpc) is 3.54. The Hall–Kier alpha value is -2.17. The van der Waals surface area contributed by atoms with E-state index < -0.39 is 12.2 Å². The molecule has 2 heterocycles. The maximum absolute atomic E-state index is 13.5. The van der Waals surface area contributed by atoms with Gasteiger partial charge in [0.1, 0.15) is 6.10 Å². The first-order valence-corrected chi connectivity index (χ1v) is 11.9. The maximum Gasteiger partial charge on any atom is 0.406 e. The lowest BCUT2D eigenvalue weighted by Gasteiger charge is -2.36. The van der Waals surface area contributed by atoms with Crippen molar-refractivity contribution in [2.45, 2.75) is 76.8 Å². The third-order valence-corrected chi connectivity index (χ3v) is 6.11. The highest BCUT2D eigenvalue weighted by atomic mass is 16.5. The summed E-state index contributed by atoms with van der Waals surface area (Å²) in [7, 11) is 3.00. The van der Waals surface area contributed by atoms with E-state index in [2.05, 4.69) is 42.2 Å². The first kappa shape index (κ1) is 25.5. The van der Waals surface area contributed by atoms with Crippen molar-refractivity contribution in [2.75, 3.05) is 40.5 Å². The number of aromatic nitrogens is 2. The molecular formula is C23H39N5O5. The molecular weight excluding hydrogens is 426 g/mol. The van der Waals surface area contributed by atoms with E-state index in [0.29, 0.717) is 26.2 Å². The third kappa shape index (κ3) is 6.68. The van der Waals surface area contributed by atoms with Gasteiger partial charge in [0, 0.05) is 44.5 Å². The van der Waals surface area contributed by atoms with Gasteiger partial charge in [-0.15, -0.1) is 0 Å². The summed E-state index contributed by atoms with van der Waals surface area (Å²) in [4.78, 5) is 26.8. The summed E-state index contributed by atoms with van der Waals surface area (Å²) in [6, 6.07) is 2.37. The number of methoxy groups -OCH3 is 2. The second-order valence-corrected chi connectivity index (χ2v) is 9.13. The van der Waals surface area contributed by atoms with Gasteiger partial charge in [-0.2, -0.15) is 5.10 Å². The predicted octanol–water partition coefficient (Wildman–Crippen LogP) is 1.81. The Labute approximate surface area is 196 Å². The van der Waals surface area contributed by atoms with Gasteiger partial charge in [0.2, 0.25) is 0 Å². The van der Waals surface area contributed by atoms with Crippen LogP contribution in [0.5, 0.6) is 0 Å². The minimum Gasteiger partial charge on any atom is -0.453 e. The summed E-state index contributed by atoms with van der Waals surface area (Å²) < 4.78 is 17.9. The lowest BCUT2D eigenvalue weighted by atomic mass is 10.1. The van der Waals surface area contributed by atoms with E-state index in [1.807, 2.05) is 9.58 Å². The number of amides is 2. The number of aryl methyl sites for hydroxylation is 1. The van der Waals surface area contributed by atoms with Crippen molar-refractivity contribution in [3.8, 4) is 0 Å². The smallest absolute Gasteiger partial charge is 0.406 e. The molecule has 1 aromatic rings. The number of carbonyl (C=O) groups excluding carboxylic acids is 2. The number of hydrogen-bond donors (Lipinski definition) is 2. The highest BCUT2D eigenvalue weighted by molar-refractivity contribution is 5.82. The number of ether oxygens (including phenoxy) is 3. The van der Waals surface area contributed by atoms with E-state index in [1.54, 1.807) is 7.11 Å². The molecule has 0 unspecified atom stereocenters. The topological polar surface area (TPSA) is 107 Å². The summed E-state index contributed by atoms with van der Waals surface area (Å²) in [5, 5.41) is 10.9. The maximum atomic E-state index is 13.5. The fourth-order valence-electron chi connectivity index (χ4n) is 4.31. The molecule has 10 nitrogen and oxygen atoms in total. The minimum atomic E-state index is -0.516. The van der Waals surface area contributed by atoms with Gasteiger partial charge in [-0.05, 0) is 52.5 Å². The molecule has 2 amide bonds. The fourth-order valence-corrected chi connectivity index (χ4v) is 4.31. The van der Waals surface area contributed by atoms with Crippen LogP contribution in [0.3, 0.4) is 0 Å². The Balaban J connectivity index is 1.71. The molecule has 10 heteroatoms. The summed E-state index contributed by atoms with van der Waals surface area (Å²) in [6.45, 7) is 8.43. The van der Waals surface area contributed by atoms with Crippen LogP contribution in [0.2, 0.25) is 0 Å². The fraction of sp³-hybridized carbons (Fsp3) is 0.783. The number of rotatable bonds is 11. The Morgan fingerprint density at radius 3 is 2.70 bits per heavy atom. The molecule has 2 fully saturated rings. The van der Waals surface area contributed by atoms with Crippen LogP contribution in [0.25, 0.3) is 0 Å². The summed E-state index contributed by atoms with van der Waals surface area (Å²) in [5.74, 6) is 0.0150.